The first-order chi connectivity index (χ1) is 18.1. The summed E-state index contributed by atoms with van der Waals surface area (Å²) < 4.78 is 1.91. The topological polar surface area (TPSA) is 87.4 Å². The number of hydrogen-bond acceptors (Lipinski definition) is 6. The highest BCUT2D eigenvalue weighted by atomic mass is 35.5. The van der Waals surface area contributed by atoms with Crippen molar-refractivity contribution < 1.29 is 9.90 Å². The summed E-state index contributed by atoms with van der Waals surface area (Å²) in [5, 5.41) is 15.3. The van der Waals surface area contributed by atoms with Crippen molar-refractivity contribution in [2.24, 2.45) is 11.8 Å². The van der Waals surface area contributed by atoms with E-state index in [1.165, 1.54) is 0 Å². The third kappa shape index (κ3) is 5.23. The molecule has 4 heterocycles. The second-order valence-electron chi connectivity index (χ2n) is 11.1. The number of piperidine rings is 1. The summed E-state index contributed by atoms with van der Waals surface area (Å²) in [4.78, 5) is 26.1. The fourth-order valence-corrected chi connectivity index (χ4v) is 7.09. The number of likely N-dealkylation sites (tertiary alicyclic amines) is 1. The molecule has 2 aliphatic rings. The average Bonchev–Trinajstić information content (AvgIpc) is 3.48. The maximum absolute atomic E-state index is 11.3. The predicted molar refractivity (Wildman–Crippen MR) is 151 cm³/mol. The Morgan fingerprint density at radius 3 is 2.71 bits per heavy atom. The molecule has 10 heteroatoms. The smallest absolute Gasteiger partial charge is 0.303 e. The van der Waals surface area contributed by atoms with Crippen molar-refractivity contribution in [1.82, 2.24) is 24.6 Å². The summed E-state index contributed by atoms with van der Waals surface area (Å²) in [6.07, 6.45) is 5.34. The molecule has 0 bridgehead atoms. The highest BCUT2D eigenvalue weighted by Gasteiger charge is 2.39. The lowest BCUT2D eigenvalue weighted by Crippen LogP contribution is -2.53. The molecular weight excluding hydrogens is 523 g/mol. The fourth-order valence-electron chi connectivity index (χ4n) is 6.52. The first-order valence-corrected chi connectivity index (χ1v) is 14.3. The molecule has 0 radical (unpaired) electrons. The molecule has 4 unspecified atom stereocenters. The Bertz CT molecular complexity index is 1330. The van der Waals surface area contributed by atoms with Crippen molar-refractivity contribution in [3.63, 3.8) is 0 Å². The van der Waals surface area contributed by atoms with Crippen molar-refractivity contribution in [1.29, 1.82) is 0 Å². The minimum absolute atomic E-state index is 0.134. The van der Waals surface area contributed by atoms with Gasteiger partial charge >= 0.3 is 5.97 Å². The van der Waals surface area contributed by atoms with Crippen LogP contribution in [-0.4, -0.2) is 67.4 Å². The molecule has 1 aromatic carbocycles. The summed E-state index contributed by atoms with van der Waals surface area (Å²) in [6, 6.07) is 6.19. The van der Waals surface area contributed by atoms with Crippen LogP contribution in [0.2, 0.25) is 10.0 Å². The van der Waals surface area contributed by atoms with Crippen LogP contribution >= 0.6 is 23.2 Å². The number of halogens is 2. The molecule has 0 amide bonds. The van der Waals surface area contributed by atoms with Gasteiger partial charge in [-0.1, -0.05) is 43.1 Å². The molecule has 204 valence electrons. The van der Waals surface area contributed by atoms with E-state index in [2.05, 4.69) is 30.6 Å². The van der Waals surface area contributed by atoms with Gasteiger partial charge in [0, 0.05) is 41.6 Å². The molecule has 2 aromatic heterocycles. The monoisotopic (exact) mass is 558 g/mol. The van der Waals surface area contributed by atoms with Gasteiger partial charge in [0.1, 0.15) is 11.3 Å². The highest BCUT2D eigenvalue weighted by molar-refractivity contribution is 6.35. The van der Waals surface area contributed by atoms with Crippen LogP contribution in [0.3, 0.4) is 0 Å². The number of carbonyl (C=O) groups is 1. The van der Waals surface area contributed by atoms with Crippen molar-refractivity contribution in [2.45, 2.75) is 71.5 Å². The Hall–Kier alpha value is -2.42. The first-order valence-electron chi connectivity index (χ1n) is 13.5. The zero-order valence-corrected chi connectivity index (χ0v) is 24.0. The summed E-state index contributed by atoms with van der Waals surface area (Å²) in [6.45, 7) is 11.2. The SMILES string of the molecule is Cc1nn(C(C)c2ccc(Cl)cc2Cl)c2nc(N3CCC(N4CCC[C@H]4C(C)CC(=O)O)C(C)C3)cnc12. The molecule has 0 spiro atoms. The van der Waals surface area contributed by atoms with Gasteiger partial charge in [0.2, 0.25) is 0 Å². The van der Waals surface area contributed by atoms with E-state index in [9.17, 15) is 9.90 Å². The highest BCUT2D eigenvalue weighted by Crippen LogP contribution is 2.35. The lowest BCUT2D eigenvalue weighted by Gasteiger charge is -2.44. The molecule has 5 rings (SSSR count). The van der Waals surface area contributed by atoms with E-state index in [1.807, 2.05) is 29.9 Å². The zero-order chi connectivity index (χ0) is 27.1. The number of nitrogens with zero attached hydrogens (tertiary/aromatic N) is 6. The van der Waals surface area contributed by atoms with Gasteiger partial charge in [0.05, 0.1) is 17.9 Å². The summed E-state index contributed by atoms with van der Waals surface area (Å²) in [5.41, 5.74) is 3.30. The van der Waals surface area contributed by atoms with Crippen LogP contribution in [-0.2, 0) is 4.79 Å². The van der Waals surface area contributed by atoms with E-state index >= 15 is 0 Å². The van der Waals surface area contributed by atoms with Crippen LogP contribution in [0.25, 0.3) is 11.2 Å². The molecule has 2 fully saturated rings. The average molecular weight is 560 g/mol. The number of benzene rings is 1. The van der Waals surface area contributed by atoms with E-state index < -0.39 is 5.97 Å². The van der Waals surface area contributed by atoms with Crippen LogP contribution in [0.5, 0.6) is 0 Å². The maximum atomic E-state index is 11.3. The van der Waals surface area contributed by atoms with E-state index in [-0.39, 0.29) is 18.4 Å². The standard InChI is InChI=1S/C28H36Cl2N6O2/c1-16(12-26(37)38)23-6-5-10-35(23)24-9-11-34(15-17(24)2)25-14-31-27-18(3)33-36(28(27)32-25)19(4)21-8-7-20(29)13-22(21)30/h7-8,13-14,16-17,19,23-24H,5-6,9-12,15H2,1-4H3,(H,37,38)/t16?,17?,19?,23-,24?/m0/s1. The number of anilines is 1. The van der Waals surface area contributed by atoms with Gasteiger partial charge in [-0.05, 0) is 69.2 Å². The van der Waals surface area contributed by atoms with Gasteiger partial charge in [-0.25, -0.2) is 14.6 Å². The van der Waals surface area contributed by atoms with Crippen LogP contribution in [0.15, 0.2) is 24.4 Å². The number of hydrogen-bond donors (Lipinski definition) is 1. The summed E-state index contributed by atoms with van der Waals surface area (Å²) >= 11 is 12.6. The first kappa shape index (κ1) is 27.2. The van der Waals surface area contributed by atoms with E-state index in [1.54, 1.807) is 6.07 Å². The molecule has 8 nitrogen and oxygen atoms in total. The zero-order valence-electron chi connectivity index (χ0n) is 22.4. The molecule has 1 N–H and O–H groups in total. The Labute approximate surface area is 233 Å². The van der Waals surface area contributed by atoms with Gasteiger partial charge in [0.15, 0.2) is 5.65 Å². The fraction of sp³-hybridized carbons (Fsp3) is 0.571. The van der Waals surface area contributed by atoms with Crippen LogP contribution in [0.1, 0.15) is 63.8 Å². The van der Waals surface area contributed by atoms with Crippen LogP contribution < -0.4 is 4.90 Å². The lowest BCUT2D eigenvalue weighted by atomic mass is 9.89. The molecule has 0 aliphatic carbocycles. The van der Waals surface area contributed by atoms with Crippen LogP contribution in [0, 0.1) is 18.8 Å². The third-order valence-corrected chi connectivity index (χ3v) is 9.01. The molecule has 0 saturated carbocycles. The lowest BCUT2D eigenvalue weighted by molar-refractivity contribution is -0.138. The second-order valence-corrected chi connectivity index (χ2v) is 11.9. The number of aromatic nitrogens is 4. The van der Waals surface area contributed by atoms with Gasteiger partial charge in [-0.15, -0.1) is 0 Å². The van der Waals surface area contributed by atoms with E-state index in [0.717, 1.165) is 67.1 Å². The number of carboxylic acids is 1. The Balaban J connectivity index is 1.36. The number of rotatable bonds is 7. The maximum Gasteiger partial charge on any atom is 0.303 e. The Morgan fingerprint density at radius 1 is 1.21 bits per heavy atom. The second kappa shape index (κ2) is 11.0. The molecule has 3 aromatic rings. The van der Waals surface area contributed by atoms with E-state index in [4.69, 9.17) is 38.3 Å². The number of carboxylic acid groups (broad SMARTS) is 1. The molecule has 2 aliphatic heterocycles. The molecule has 2 saturated heterocycles. The van der Waals surface area contributed by atoms with Crippen LogP contribution in [0.4, 0.5) is 5.82 Å². The third-order valence-electron chi connectivity index (χ3n) is 8.44. The quantitative estimate of drug-likeness (QED) is 0.389. The van der Waals surface area contributed by atoms with Crippen molar-refractivity contribution in [3.05, 3.63) is 45.7 Å². The number of aryl methyl sites for hydroxylation is 1. The van der Waals surface area contributed by atoms with Gasteiger partial charge < -0.3 is 10.0 Å². The largest absolute Gasteiger partial charge is 0.481 e. The van der Waals surface area contributed by atoms with Gasteiger partial charge in [-0.3, -0.25) is 9.69 Å². The summed E-state index contributed by atoms with van der Waals surface area (Å²) in [5.74, 6) is 0.740. The van der Waals surface area contributed by atoms with Crippen molar-refractivity contribution >= 4 is 46.2 Å². The summed E-state index contributed by atoms with van der Waals surface area (Å²) in [7, 11) is 0. The Morgan fingerprint density at radius 2 is 2.00 bits per heavy atom. The van der Waals surface area contributed by atoms with Crippen molar-refractivity contribution in [3.8, 4) is 0 Å². The minimum Gasteiger partial charge on any atom is -0.481 e. The number of aliphatic carboxylic acids is 1. The van der Waals surface area contributed by atoms with Gasteiger partial charge in [0.25, 0.3) is 0 Å². The molecule has 38 heavy (non-hydrogen) atoms. The number of fused-ring (bicyclic) bond motifs is 1. The predicted octanol–water partition coefficient (Wildman–Crippen LogP) is 5.84. The normalized spacial score (nSPS) is 24.2. The van der Waals surface area contributed by atoms with Gasteiger partial charge in [-0.2, -0.15) is 5.10 Å². The minimum atomic E-state index is -0.705. The van der Waals surface area contributed by atoms with Crippen molar-refractivity contribution in [2.75, 3.05) is 24.5 Å². The van der Waals surface area contributed by atoms with E-state index in [0.29, 0.717) is 28.0 Å². The molecule has 5 atom stereocenters. The Kier molecular flexibility index (Phi) is 7.85. The molecular formula is C28H36Cl2N6O2.